The van der Waals surface area contributed by atoms with E-state index >= 15 is 0 Å². The number of nitrogens with zero attached hydrogens (tertiary/aromatic N) is 3. The van der Waals surface area contributed by atoms with Crippen LogP contribution in [0.2, 0.25) is 0 Å². The zero-order valence-corrected chi connectivity index (χ0v) is 19.5. The number of thiophene rings is 1. The molecule has 0 saturated carbocycles. The summed E-state index contributed by atoms with van der Waals surface area (Å²) < 4.78 is 1.99. The van der Waals surface area contributed by atoms with E-state index in [4.69, 9.17) is 5.10 Å². The molecule has 1 aliphatic heterocycles. The second-order valence-electron chi connectivity index (χ2n) is 8.64. The van der Waals surface area contributed by atoms with Crippen LogP contribution in [-0.2, 0) is 6.42 Å². The van der Waals surface area contributed by atoms with E-state index in [-0.39, 0.29) is 5.91 Å². The van der Waals surface area contributed by atoms with Crippen LogP contribution in [0.4, 0.5) is 0 Å². The lowest BCUT2D eigenvalue weighted by molar-refractivity contribution is -0.903. The maximum atomic E-state index is 13.3. The monoisotopic (exact) mass is 445 g/mol. The number of aryl methyl sites for hydroxylation is 2. The highest BCUT2D eigenvalue weighted by Crippen LogP contribution is 2.31. The molecule has 164 valence electrons. The molecule has 5 nitrogen and oxygen atoms in total. The number of piperazine rings is 1. The second kappa shape index (κ2) is 8.88. The Balaban J connectivity index is 1.28. The molecule has 0 atom stereocenters. The van der Waals surface area contributed by atoms with E-state index in [1.165, 1.54) is 11.1 Å². The van der Waals surface area contributed by atoms with Gasteiger partial charge in [0.05, 0.1) is 49.0 Å². The molecule has 32 heavy (non-hydrogen) atoms. The lowest BCUT2D eigenvalue weighted by Crippen LogP contribution is -3.15. The van der Waals surface area contributed by atoms with Gasteiger partial charge in [0.2, 0.25) is 0 Å². The Morgan fingerprint density at radius 2 is 1.75 bits per heavy atom. The van der Waals surface area contributed by atoms with Gasteiger partial charge in [-0.05, 0) is 37.1 Å². The van der Waals surface area contributed by atoms with Gasteiger partial charge in [0, 0.05) is 11.8 Å². The Morgan fingerprint density at radius 1 is 1.03 bits per heavy atom. The van der Waals surface area contributed by atoms with Crippen LogP contribution in [0.1, 0.15) is 26.5 Å². The third-order valence-corrected chi connectivity index (χ3v) is 7.57. The smallest absolute Gasteiger partial charge is 0.264 e. The minimum atomic E-state index is 0.157. The fourth-order valence-electron chi connectivity index (χ4n) is 4.51. The average Bonchev–Trinajstić information content (AvgIpc) is 3.39. The fourth-order valence-corrected chi connectivity index (χ4v) is 5.66. The van der Waals surface area contributed by atoms with E-state index in [1.54, 1.807) is 16.2 Å². The Kier molecular flexibility index (Phi) is 5.81. The summed E-state index contributed by atoms with van der Waals surface area (Å²) in [4.78, 5) is 18.7. The van der Waals surface area contributed by atoms with Crippen molar-refractivity contribution in [3.05, 3.63) is 82.4 Å². The van der Waals surface area contributed by atoms with Crippen LogP contribution in [0.5, 0.6) is 0 Å². The minimum Gasteiger partial charge on any atom is -0.332 e. The third-order valence-electron chi connectivity index (χ3n) is 6.47. The average molecular weight is 446 g/mol. The Hall–Kier alpha value is -2.96. The number of para-hydroxylation sites is 1. The highest BCUT2D eigenvalue weighted by Gasteiger charge is 2.26. The van der Waals surface area contributed by atoms with Gasteiger partial charge in [0.25, 0.3) is 5.91 Å². The zero-order chi connectivity index (χ0) is 22.1. The van der Waals surface area contributed by atoms with Gasteiger partial charge in [-0.15, -0.1) is 11.3 Å². The number of hydrogen-bond donors (Lipinski definition) is 1. The summed E-state index contributed by atoms with van der Waals surface area (Å²) in [5.74, 6) is 0.157. The second-order valence-corrected chi connectivity index (χ2v) is 9.67. The summed E-state index contributed by atoms with van der Waals surface area (Å²) in [6.07, 6.45) is 1.09. The quantitative estimate of drug-likeness (QED) is 0.512. The largest absolute Gasteiger partial charge is 0.332 e. The lowest BCUT2D eigenvalue weighted by Gasteiger charge is -2.32. The van der Waals surface area contributed by atoms with Gasteiger partial charge in [-0.3, -0.25) is 4.79 Å². The zero-order valence-electron chi connectivity index (χ0n) is 18.7. The number of benzene rings is 2. The van der Waals surface area contributed by atoms with E-state index in [0.717, 1.165) is 65.6 Å². The highest BCUT2D eigenvalue weighted by molar-refractivity contribution is 7.20. The van der Waals surface area contributed by atoms with Gasteiger partial charge in [0.1, 0.15) is 4.83 Å². The molecule has 1 aliphatic rings. The number of quaternary nitrogens is 1. The summed E-state index contributed by atoms with van der Waals surface area (Å²) in [5, 5.41) is 5.83. The summed E-state index contributed by atoms with van der Waals surface area (Å²) in [6, 6.07) is 20.9. The molecule has 6 heteroatoms. The number of carbonyl (C=O) groups excluding carboxylic acids is 1. The number of aromatic nitrogens is 2. The van der Waals surface area contributed by atoms with E-state index in [9.17, 15) is 4.79 Å². The Bertz CT molecular complexity index is 1240. The van der Waals surface area contributed by atoms with E-state index in [1.807, 2.05) is 34.7 Å². The van der Waals surface area contributed by atoms with Crippen molar-refractivity contribution in [2.24, 2.45) is 0 Å². The van der Waals surface area contributed by atoms with Crippen LogP contribution in [0, 0.1) is 13.8 Å². The number of hydrogen-bond acceptors (Lipinski definition) is 3. The molecular weight excluding hydrogens is 416 g/mol. The van der Waals surface area contributed by atoms with Crippen LogP contribution in [0.25, 0.3) is 15.9 Å². The molecule has 0 unspecified atom stereocenters. The van der Waals surface area contributed by atoms with Gasteiger partial charge in [-0.25, -0.2) is 4.68 Å². The van der Waals surface area contributed by atoms with Crippen molar-refractivity contribution < 1.29 is 9.69 Å². The summed E-state index contributed by atoms with van der Waals surface area (Å²) >= 11 is 1.56. The predicted octanol–water partition coefficient (Wildman–Crippen LogP) is 3.29. The highest BCUT2D eigenvalue weighted by atomic mass is 32.1. The number of rotatable bonds is 5. The fraction of sp³-hybridized carbons (Fsp3) is 0.308. The maximum Gasteiger partial charge on any atom is 0.264 e. The predicted molar refractivity (Wildman–Crippen MR) is 130 cm³/mol. The molecule has 1 N–H and O–H groups in total. The van der Waals surface area contributed by atoms with Crippen molar-refractivity contribution in [1.29, 1.82) is 0 Å². The van der Waals surface area contributed by atoms with Crippen molar-refractivity contribution in [1.82, 2.24) is 14.7 Å². The number of nitrogens with one attached hydrogen (secondary N) is 1. The standard InChI is InChI=1S/C26H28N4OS/c1-19-8-6-7-11-23(19)30-26-22(20(2)27-30)18-24(32-26)25(31)29-16-14-28(15-17-29)13-12-21-9-4-3-5-10-21/h3-11,18H,12-17H2,1-2H3/p+1. The van der Waals surface area contributed by atoms with Crippen LogP contribution in [0.3, 0.4) is 0 Å². The molecular formula is C26H29N4OS+. The van der Waals surface area contributed by atoms with Crippen molar-refractivity contribution in [2.45, 2.75) is 20.3 Å². The first-order valence-electron chi connectivity index (χ1n) is 11.3. The van der Waals surface area contributed by atoms with Crippen molar-refractivity contribution in [3.8, 4) is 5.69 Å². The van der Waals surface area contributed by atoms with Crippen LogP contribution < -0.4 is 4.90 Å². The lowest BCUT2D eigenvalue weighted by atomic mass is 10.1. The maximum absolute atomic E-state index is 13.3. The molecule has 0 spiro atoms. The number of amides is 1. The van der Waals surface area contributed by atoms with Gasteiger partial charge in [0.15, 0.2) is 0 Å². The van der Waals surface area contributed by atoms with Gasteiger partial charge in [-0.2, -0.15) is 5.10 Å². The summed E-state index contributed by atoms with van der Waals surface area (Å²) in [7, 11) is 0. The number of fused-ring (bicyclic) bond motifs is 1. The molecule has 5 rings (SSSR count). The van der Waals surface area contributed by atoms with Gasteiger partial charge < -0.3 is 9.80 Å². The first-order valence-corrected chi connectivity index (χ1v) is 12.1. The van der Waals surface area contributed by atoms with Crippen molar-refractivity contribution >= 4 is 27.5 Å². The van der Waals surface area contributed by atoms with Crippen LogP contribution in [-0.4, -0.2) is 53.3 Å². The van der Waals surface area contributed by atoms with Crippen molar-refractivity contribution in [2.75, 3.05) is 32.7 Å². The Morgan fingerprint density at radius 3 is 2.50 bits per heavy atom. The molecule has 0 radical (unpaired) electrons. The number of carbonyl (C=O) groups is 1. The van der Waals surface area contributed by atoms with E-state index in [2.05, 4.69) is 49.4 Å². The van der Waals surface area contributed by atoms with Crippen LogP contribution >= 0.6 is 11.3 Å². The first kappa shape index (κ1) is 20.9. The molecule has 1 fully saturated rings. The SMILES string of the molecule is Cc1ccccc1-n1nc(C)c2cc(C(=O)N3CC[NH+](CCc4ccccc4)CC3)sc21. The molecule has 4 aromatic rings. The molecule has 1 saturated heterocycles. The Labute approximate surface area is 192 Å². The molecule has 1 amide bonds. The van der Waals surface area contributed by atoms with Crippen LogP contribution in [0.15, 0.2) is 60.7 Å². The van der Waals surface area contributed by atoms with Gasteiger partial charge in [-0.1, -0.05) is 48.5 Å². The summed E-state index contributed by atoms with van der Waals surface area (Å²) in [5.41, 5.74) is 4.60. The molecule has 0 bridgehead atoms. The third kappa shape index (κ3) is 4.08. The molecule has 2 aromatic carbocycles. The van der Waals surface area contributed by atoms with E-state index < -0.39 is 0 Å². The molecule has 2 aromatic heterocycles. The summed E-state index contributed by atoms with van der Waals surface area (Å²) in [6.45, 7) is 8.91. The topological polar surface area (TPSA) is 42.6 Å². The first-order chi connectivity index (χ1) is 15.6. The normalized spacial score (nSPS) is 14.9. The van der Waals surface area contributed by atoms with Crippen molar-refractivity contribution in [3.63, 3.8) is 0 Å². The molecule has 3 heterocycles. The minimum absolute atomic E-state index is 0.157. The molecule has 0 aliphatic carbocycles. The van der Waals surface area contributed by atoms with E-state index in [0.29, 0.717) is 0 Å². The van der Waals surface area contributed by atoms with Gasteiger partial charge >= 0.3 is 0 Å².